The Balaban J connectivity index is 1.70. The van der Waals surface area contributed by atoms with Crippen LogP contribution in [0.3, 0.4) is 0 Å². The number of nitrogens with one attached hydrogen (secondary N) is 1. The van der Waals surface area contributed by atoms with Crippen molar-refractivity contribution in [3.8, 4) is 0 Å². The van der Waals surface area contributed by atoms with Crippen LogP contribution in [-0.2, 0) is 13.0 Å². The molecule has 0 unspecified atom stereocenters. The van der Waals surface area contributed by atoms with Gasteiger partial charge in [0.2, 0.25) is 0 Å². The summed E-state index contributed by atoms with van der Waals surface area (Å²) < 4.78 is 2.12. The van der Waals surface area contributed by atoms with E-state index in [0.29, 0.717) is 30.1 Å². The summed E-state index contributed by atoms with van der Waals surface area (Å²) in [5.41, 5.74) is 2.59. The number of hydrogen-bond donors (Lipinski definition) is 1. The van der Waals surface area contributed by atoms with Crippen molar-refractivity contribution in [2.24, 2.45) is 0 Å². The number of imidazole rings is 1. The van der Waals surface area contributed by atoms with Crippen LogP contribution in [0.15, 0.2) is 61.2 Å². The molecule has 0 aliphatic rings. The molecule has 4 nitrogen and oxygen atoms in total. The Morgan fingerprint density at radius 2 is 2.08 bits per heavy atom. The molecule has 122 valence electrons. The predicted octanol–water partition coefficient (Wildman–Crippen LogP) is 3.85. The van der Waals surface area contributed by atoms with Gasteiger partial charge in [-0.3, -0.25) is 4.79 Å². The van der Waals surface area contributed by atoms with Crippen LogP contribution in [0.2, 0.25) is 5.02 Å². The lowest BCUT2D eigenvalue weighted by Gasteiger charge is -2.08. The fourth-order valence-electron chi connectivity index (χ4n) is 2.67. The van der Waals surface area contributed by atoms with E-state index in [4.69, 9.17) is 11.6 Å². The van der Waals surface area contributed by atoms with Gasteiger partial charge in [0, 0.05) is 30.1 Å². The Morgan fingerprint density at radius 1 is 1.25 bits per heavy atom. The van der Waals surface area contributed by atoms with Gasteiger partial charge in [0.05, 0.1) is 11.0 Å². The molecule has 0 saturated heterocycles. The minimum absolute atomic E-state index is 0.135. The molecular formula is C19H18ClN3O. The third-order valence-electron chi connectivity index (χ3n) is 3.77. The van der Waals surface area contributed by atoms with E-state index >= 15 is 0 Å². The van der Waals surface area contributed by atoms with Crippen LogP contribution in [0, 0.1) is 0 Å². The first-order chi connectivity index (χ1) is 11.7. The number of allylic oxidation sites excluding steroid dienone is 1. The second-order valence-electron chi connectivity index (χ2n) is 5.43. The zero-order valence-corrected chi connectivity index (χ0v) is 14.0. The zero-order chi connectivity index (χ0) is 16.9. The van der Waals surface area contributed by atoms with Gasteiger partial charge in [-0.1, -0.05) is 35.9 Å². The van der Waals surface area contributed by atoms with Gasteiger partial charge in [0.25, 0.3) is 5.91 Å². The van der Waals surface area contributed by atoms with Gasteiger partial charge >= 0.3 is 0 Å². The molecule has 0 aliphatic carbocycles. The molecule has 0 radical (unpaired) electrons. The van der Waals surface area contributed by atoms with Crippen molar-refractivity contribution in [3.63, 3.8) is 0 Å². The van der Waals surface area contributed by atoms with Crippen molar-refractivity contribution in [2.45, 2.75) is 13.0 Å². The van der Waals surface area contributed by atoms with E-state index in [1.54, 1.807) is 24.3 Å². The van der Waals surface area contributed by atoms with Crippen molar-refractivity contribution in [1.29, 1.82) is 0 Å². The molecule has 0 bridgehead atoms. The molecule has 1 heterocycles. The first kappa shape index (κ1) is 16.3. The fourth-order valence-corrected chi connectivity index (χ4v) is 2.86. The number of carbonyl (C=O) groups excluding carboxylic acids is 1. The molecule has 2 aromatic carbocycles. The summed E-state index contributed by atoms with van der Waals surface area (Å²) in [6, 6.07) is 14.9. The molecule has 5 heteroatoms. The van der Waals surface area contributed by atoms with Gasteiger partial charge in [-0.15, -0.1) is 6.58 Å². The van der Waals surface area contributed by atoms with Crippen LogP contribution < -0.4 is 5.32 Å². The molecule has 24 heavy (non-hydrogen) atoms. The summed E-state index contributed by atoms with van der Waals surface area (Å²) in [7, 11) is 0. The number of fused-ring (bicyclic) bond motifs is 1. The third kappa shape index (κ3) is 3.49. The smallest absolute Gasteiger partial charge is 0.251 e. The van der Waals surface area contributed by atoms with Gasteiger partial charge in [-0.05, 0) is 30.3 Å². The summed E-state index contributed by atoms with van der Waals surface area (Å²) in [6.07, 6.45) is 2.50. The quantitative estimate of drug-likeness (QED) is 0.693. The lowest BCUT2D eigenvalue weighted by atomic mass is 10.2. The van der Waals surface area contributed by atoms with E-state index in [1.807, 2.05) is 30.3 Å². The average molecular weight is 340 g/mol. The van der Waals surface area contributed by atoms with E-state index in [9.17, 15) is 4.79 Å². The average Bonchev–Trinajstić information content (AvgIpc) is 2.93. The SMILES string of the molecule is C=CCn1c(CCNC(=O)c2cccc(Cl)c2)nc2ccccc21. The summed E-state index contributed by atoms with van der Waals surface area (Å²) >= 11 is 5.92. The first-order valence-corrected chi connectivity index (χ1v) is 8.15. The molecule has 0 saturated carbocycles. The minimum Gasteiger partial charge on any atom is -0.352 e. The number of para-hydroxylation sites is 2. The van der Waals surface area contributed by atoms with Crippen LogP contribution in [0.25, 0.3) is 11.0 Å². The van der Waals surface area contributed by atoms with E-state index in [1.165, 1.54) is 0 Å². The van der Waals surface area contributed by atoms with Crippen molar-refractivity contribution in [1.82, 2.24) is 14.9 Å². The second-order valence-corrected chi connectivity index (χ2v) is 5.87. The molecule has 3 aromatic rings. The third-order valence-corrected chi connectivity index (χ3v) is 4.00. The van der Waals surface area contributed by atoms with E-state index in [-0.39, 0.29) is 5.91 Å². The topological polar surface area (TPSA) is 46.9 Å². The highest BCUT2D eigenvalue weighted by Gasteiger charge is 2.10. The van der Waals surface area contributed by atoms with Gasteiger partial charge < -0.3 is 9.88 Å². The molecule has 0 spiro atoms. The van der Waals surface area contributed by atoms with E-state index in [2.05, 4.69) is 21.4 Å². The number of nitrogens with zero attached hydrogens (tertiary/aromatic N) is 2. The number of aromatic nitrogens is 2. The molecule has 1 aromatic heterocycles. The first-order valence-electron chi connectivity index (χ1n) is 7.78. The highest BCUT2D eigenvalue weighted by atomic mass is 35.5. The van der Waals surface area contributed by atoms with Crippen LogP contribution >= 0.6 is 11.6 Å². The lowest BCUT2D eigenvalue weighted by Crippen LogP contribution is -2.26. The Morgan fingerprint density at radius 3 is 2.88 bits per heavy atom. The molecule has 0 aliphatic heterocycles. The standard InChI is InChI=1S/C19H18ClN3O/c1-2-12-23-17-9-4-3-8-16(17)22-18(23)10-11-21-19(24)14-6-5-7-15(20)13-14/h2-9,13H,1,10-12H2,(H,21,24). The highest BCUT2D eigenvalue weighted by Crippen LogP contribution is 2.16. The maximum Gasteiger partial charge on any atom is 0.251 e. The number of carbonyl (C=O) groups is 1. The van der Waals surface area contributed by atoms with Gasteiger partial charge in [0.15, 0.2) is 0 Å². The Hall–Kier alpha value is -2.59. The van der Waals surface area contributed by atoms with Gasteiger partial charge in [-0.2, -0.15) is 0 Å². The zero-order valence-electron chi connectivity index (χ0n) is 13.2. The number of halogens is 1. The van der Waals surface area contributed by atoms with Crippen LogP contribution in [0.5, 0.6) is 0 Å². The predicted molar refractivity (Wildman–Crippen MR) is 97.4 cm³/mol. The van der Waals surface area contributed by atoms with E-state index < -0.39 is 0 Å². The number of rotatable bonds is 6. The fraction of sp³-hybridized carbons (Fsp3) is 0.158. The van der Waals surface area contributed by atoms with Gasteiger partial charge in [0.1, 0.15) is 5.82 Å². The van der Waals surface area contributed by atoms with Crippen LogP contribution in [0.1, 0.15) is 16.2 Å². The molecule has 0 atom stereocenters. The maximum absolute atomic E-state index is 12.2. The van der Waals surface area contributed by atoms with Crippen LogP contribution in [0.4, 0.5) is 0 Å². The molecular weight excluding hydrogens is 322 g/mol. The van der Waals surface area contributed by atoms with Crippen molar-refractivity contribution in [2.75, 3.05) is 6.54 Å². The molecule has 3 rings (SSSR count). The summed E-state index contributed by atoms with van der Waals surface area (Å²) in [4.78, 5) is 16.8. The van der Waals surface area contributed by atoms with Crippen molar-refractivity contribution >= 4 is 28.5 Å². The summed E-state index contributed by atoms with van der Waals surface area (Å²) in [5.74, 6) is 0.798. The second kappa shape index (κ2) is 7.32. The lowest BCUT2D eigenvalue weighted by molar-refractivity contribution is 0.0954. The Labute approximate surface area is 145 Å². The van der Waals surface area contributed by atoms with Crippen molar-refractivity contribution in [3.05, 3.63) is 77.6 Å². The molecule has 0 fully saturated rings. The maximum atomic E-state index is 12.2. The highest BCUT2D eigenvalue weighted by molar-refractivity contribution is 6.30. The minimum atomic E-state index is -0.135. The number of benzene rings is 2. The monoisotopic (exact) mass is 339 g/mol. The summed E-state index contributed by atoms with van der Waals surface area (Å²) in [6.45, 7) is 5.01. The Kier molecular flexibility index (Phi) is 4.96. The van der Waals surface area contributed by atoms with E-state index in [0.717, 1.165) is 16.9 Å². The van der Waals surface area contributed by atoms with Crippen LogP contribution in [-0.4, -0.2) is 22.0 Å². The van der Waals surface area contributed by atoms with Gasteiger partial charge in [-0.25, -0.2) is 4.98 Å². The number of amides is 1. The van der Waals surface area contributed by atoms with Crippen molar-refractivity contribution < 1.29 is 4.79 Å². The number of hydrogen-bond acceptors (Lipinski definition) is 2. The molecule has 1 amide bonds. The largest absolute Gasteiger partial charge is 0.352 e. The Bertz CT molecular complexity index is 885. The summed E-state index contributed by atoms with van der Waals surface area (Å²) in [5, 5.41) is 3.46. The normalized spacial score (nSPS) is 10.7. The molecule has 1 N–H and O–H groups in total.